The van der Waals surface area contributed by atoms with Crippen molar-refractivity contribution in [1.82, 2.24) is 5.32 Å². The van der Waals surface area contributed by atoms with Crippen LogP contribution in [-0.4, -0.2) is 42.8 Å². The number of carbonyl (C=O) groups is 2. The van der Waals surface area contributed by atoms with E-state index in [9.17, 15) is 9.59 Å². The number of carboxylic acid groups (broad SMARTS) is 1. The summed E-state index contributed by atoms with van der Waals surface area (Å²) in [5.74, 6) is -1.03. The molecule has 4 N–H and O–H groups in total. The van der Waals surface area contributed by atoms with Crippen molar-refractivity contribution < 1.29 is 19.4 Å². The smallest absolute Gasteiger partial charge is 0.303 e. The first-order valence-corrected chi connectivity index (χ1v) is 5.23. The highest BCUT2D eigenvalue weighted by Crippen LogP contribution is 1.99. The second kappa shape index (κ2) is 8.06. The molecule has 0 bridgehead atoms. The molecule has 6 nitrogen and oxygen atoms in total. The van der Waals surface area contributed by atoms with Crippen LogP contribution in [0.15, 0.2) is 0 Å². The van der Waals surface area contributed by atoms with Crippen molar-refractivity contribution >= 4 is 11.9 Å². The number of carbonyl (C=O) groups excluding carboxylic acids is 1. The van der Waals surface area contributed by atoms with Gasteiger partial charge in [0.05, 0.1) is 12.5 Å². The number of rotatable bonds is 8. The molecule has 0 rings (SSSR count). The van der Waals surface area contributed by atoms with Gasteiger partial charge in [0.2, 0.25) is 5.91 Å². The predicted octanol–water partition coefficient (Wildman–Crippen LogP) is -0.280. The summed E-state index contributed by atoms with van der Waals surface area (Å²) in [6.07, 6.45) is 0.379. The molecular formula is C10H20N2O4. The maximum atomic E-state index is 11.4. The van der Waals surface area contributed by atoms with E-state index in [1.165, 1.54) is 7.11 Å². The number of nitrogens with one attached hydrogen (secondary N) is 1. The van der Waals surface area contributed by atoms with Crippen molar-refractivity contribution in [2.45, 2.75) is 38.3 Å². The summed E-state index contributed by atoms with van der Waals surface area (Å²) in [5, 5.41) is 11.2. The molecule has 94 valence electrons. The zero-order valence-electron chi connectivity index (χ0n) is 9.73. The average molecular weight is 232 g/mol. The molecular weight excluding hydrogens is 212 g/mol. The number of hydrogen-bond donors (Lipinski definition) is 3. The Morgan fingerprint density at radius 2 is 2.12 bits per heavy atom. The SMILES string of the molecule is COC(CN)CC(=O)NC(C)CCC(=O)O. The minimum absolute atomic E-state index is 0.0477. The van der Waals surface area contributed by atoms with Gasteiger partial charge in [0, 0.05) is 26.1 Å². The topological polar surface area (TPSA) is 102 Å². The molecule has 0 saturated carbocycles. The summed E-state index contributed by atoms with van der Waals surface area (Å²) < 4.78 is 4.97. The van der Waals surface area contributed by atoms with E-state index in [4.69, 9.17) is 15.6 Å². The predicted molar refractivity (Wildman–Crippen MR) is 58.9 cm³/mol. The number of carboxylic acids is 1. The summed E-state index contributed by atoms with van der Waals surface area (Å²) >= 11 is 0. The average Bonchev–Trinajstić information content (AvgIpc) is 2.23. The first kappa shape index (κ1) is 14.9. The Kier molecular flexibility index (Phi) is 7.49. The summed E-state index contributed by atoms with van der Waals surface area (Å²) in [7, 11) is 1.50. The van der Waals surface area contributed by atoms with E-state index >= 15 is 0 Å². The number of amides is 1. The first-order valence-electron chi connectivity index (χ1n) is 5.23. The van der Waals surface area contributed by atoms with Crippen molar-refractivity contribution in [2.24, 2.45) is 5.73 Å². The van der Waals surface area contributed by atoms with Gasteiger partial charge in [0.15, 0.2) is 0 Å². The molecule has 0 aromatic rings. The maximum Gasteiger partial charge on any atom is 0.303 e. The Balaban J connectivity index is 3.81. The lowest BCUT2D eigenvalue weighted by molar-refractivity contribution is -0.137. The third kappa shape index (κ3) is 7.19. The molecule has 0 heterocycles. The molecule has 0 aliphatic heterocycles. The van der Waals surface area contributed by atoms with Crippen molar-refractivity contribution in [3.63, 3.8) is 0 Å². The molecule has 1 amide bonds. The molecule has 0 aromatic heterocycles. The molecule has 2 atom stereocenters. The monoisotopic (exact) mass is 232 g/mol. The van der Waals surface area contributed by atoms with Crippen LogP contribution in [0, 0.1) is 0 Å². The third-order valence-corrected chi connectivity index (χ3v) is 2.21. The highest BCUT2D eigenvalue weighted by molar-refractivity contribution is 5.76. The van der Waals surface area contributed by atoms with Crippen LogP contribution < -0.4 is 11.1 Å². The molecule has 0 aliphatic carbocycles. The van der Waals surface area contributed by atoms with Gasteiger partial charge in [-0.05, 0) is 13.3 Å². The van der Waals surface area contributed by atoms with Crippen LogP contribution in [0.25, 0.3) is 0 Å². The molecule has 0 aromatic carbocycles. The van der Waals surface area contributed by atoms with Gasteiger partial charge in [-0.25, -0.2) is 0 Å². The summed E-state index contributed by atoms with van der Waals surface area (Å²) in [4.78, 5) is 21.7. The van der Waals surface area contributed by atoms with E-state index in [0.29, 0.717) is 6.42 Å². The lowest BCUT2D eigenvalue weighted by Gasteiger charge is -2.16. The molecule has 0 aliphatic rings. The van der Waals surface area contributed by atoms with Crippen molar-refractivity contribution in [3.8, 4) is 0 Å². The van der Waals surface area contributed by atoms with E-state index in [2.05, 4.69) is 5.32 Å². The molecule has 0 spiro atoms. The van der Waals surface area contributed by atoms with Crippen LogP contribution in [0.3, 0.4) is 0 Å². The number of nitrogens with two attached hydrogens (primary N) is 1. The van der Waals surface area contributed by atoms with Crippen molar-refractivity contribution in [2.75, 3.05) is 13.7 Å². The van der Waals surface area contributed by atoms with Gasteiger partial charge in [0.25, 0.3) is 0 Å². The molecule has 0 fully saturated rings. The number of ether oxygens (including phenoxy) is 1. The normalized spacial score (nSPS) is 14.2. The Bertz CT molecular complexity index is 229. The van der Waals surface area contributed by atoms with E-state index in [1.807, 2.05) is 0 Å². The van der Waals surface area contributed by atoms with Gasteiger partial charge in [-0.3, -0.25) is 9.59 Å². The van der Waals surface area contributed by atoms with Gasteiger partial charge >= 0.3 is 5.97 Å². The second-order valence-electron chi connectivity index (χ2n) is 3.70. The van der Waals surface area contributed by atoms with E-state index < -0.39 is 5.97 Å². The van der Waals surface area contributed by atoms with Gasteiger partial charge in [-0.15, -0.1) is 0 Å². The standard InChI is InChI=1S/C10H20N2O4/c1-7(3-4-10(14)15)12-9(13)5-8(6-11)16-2/h7-8H,3-6,11H2,1-2H3,(H,12,13)(H,14,15). The number of aliphatic carboxylic acids is 1. The van der Waals surface area contributed by atoms with Crippen molar-refractivity contribution in [3.05, 3.63) is 0 Å². The fourth-order valence-corrected chi connectivity index (χ4v) is 1.22. The van der Waals surface area contributed by atoms with Crippen LogP contribution in [0.2, 0.25) is 0 Å². The number of methoxy groups -OCH3 is 1. The summed E-state index contributed by atoms with van der Waals surface area (Å²) in [5.41, 5.74) is 5.38. The first-order chi connectivity index (χ1) is 7.49. The lowest BCUT2D eigenvalue weighted by Crippen LogP contribution is -2.37. The summed E-state index contributed by atoms with van der Waals surface area (Å²) in [6, 6.07) is -0.154. The van der Waals surface area contributed by atoms with E-state index in [-0.39, 0.29) is 37.4 Å². The molecule has 6 heteroatoms. The molecule has 16 heavy (non-hydrogen) atoms. The highest BCUT2D eigenvalue weighted by atomic mass is 16.5. The quantitative estimate of drug-likeness (QED) is 0.534. The highest BCUT2D eigenvalue weighted by Gasteiger charge is 2.13. The van der Waals surface area contributed by atoms with Gasteiger partial charge in [-0.2, -0.15) is 0 Å². The van der Waals surface area contributed by atoms with E-state index in [1.54, 1.807) is 6.92 Å². The molecule has 0 saturated heterocycles. The Labute approximate surface area is 95.1 Å². The molecule has 0 radical (unpaired) electrons. The van der Waals surface area contributed by atoms with Crippen LogP contribution in [0.5, 0.6) is 0 Å². The maximum absolute atomic E-state index is 11.4. The van der Waals surface area contributed by atoms with Crippen LogP contribution in [0.4, 0.5) is 0 Å². The Morgan fingerprint density at radius 1 is 1.50 bits per heavy atom. The van der Waals surface area contributed by atoms with Gasteiger partial charge in [0.1, 0.15) is 0 Å². The van der Waals surface area contributed by atoms with Gasteiger partial charge < -0.3 is 20.9 Å². The second-order valence-corrected chi connectivity index (χ2v) is 3.70. The van der Waals surface area contributed by atoms with Gasteiger partial charge in [-0.1, -0.05) is 0 Å². The largest absolute Gasteiger partial charge is 0.481 e. The number of hydrogen-bond acceptors (Lipinski definition) is 4. The van der Waals surface area contributed by atoms with Crippen molar-refractivity contribution in [1.29, 1.82) is 0 Å². The van der Waals surface area contributed by atoms with E-state index in [0.717, 1.165) is 0 Å². The van der Waals surface area contributed by atoms with Crippen LogP contribution in [-0.2, 0) is 14.3 Å². The Morgan fingerprint density at radius 3 is 2.56 bits per heavy atom. The third-order valence-electron chi connectivity index (χ3n) is 2.21. The minimum Gasteiger partial charge on any atom is -0.481 e. The van der Waals surface area contributed by atoms with Crippen LogP contribution >= 0.6 is 0 Å². The fourth-order valence-electron chi connectivity index (χ4n) is 1.22. The Hall–Kier alpha value is -1.14. The molecule has 2 unspecified atom stereocenters. The lowest BCUT2D eigenvalue weighted by atomic mass is 10.1. The minimum atomic E-state index is -0.863. The van der Waals surface area contributed by atoms with Crippen LogP contribution in [0.1, 0.15) is 26.2 Å². The fraction of sp³-hybridized carbons (Fsp3) is 0.800. The zero-order chi connectivity index (χ0) is 12.6. The zero-order valence-corrected chi connectivity index (χ0v) is 9.73. The summed E-state index contributed by atoms with van der Waals surface area (Å²) in [6.45, 7) is 2.05.